The van der Waals surface area contributed by atoms with E-state index in [-0.39, 0.29) is 0 Å². The molecule has 4 heteroatoms. The van der Waals surface area contributed by atoms with E-state index >= 15 is 0 Å². The van der Waals surface area contributed by atoms with Gasteiger partial charge in [0, 0.05) is 18.2 Å². The van der Waals surface area contributed by atoms with Gasteiger partial charge in [0.05, 0.1) is 24.9 Å². The zero-order valence-electron chi connectivity index (χ0n) is 13.4. The van der Waals surface area contributed by atoms with Crippen molar-refractivity contribution >= 4 is 17.3 Å². The molecule has 1 saturated carbocycles. The van der Waals surface area contributed by atoms with E-state index in [1.807, 2.05) is 12.1 Å². The van der Waals surface area contributed by atoms with E-state index in [1.165, 1.54) is 25.7 Å². The minimum absolute atomic E-state index is 0.492. The van der Waals surface area contributed by atoms with Gasteiger partial charge < -0.3 is 14.8 Å². The number of ether oxygens (including phenoxy) is 2. The second kappa shape index (κ2) is 7.26. The Morgan fingerprint density at radius 3 is 2.48 bits per heavy atom. The number of methoxy groups -OCH3 is 2. The van der Waals surface area contributed by atoms with Crippen molar-refractivity contribution in [3.05, 3.63) is 17.2 Å². The Balaban J connectivity index is 2.14. The van der Waals surface area contributed by atoms with Crippen molar-refractivity contribution in [3.8, 4) is 11.5 Å². The van der Waals surface area contributed by atoms with Crippen molar-refractivity contribution in [2.45, 2.75) is 45.6 Å². The summed E-state index contributed by atoms with van der Waals surface area (Å²) in [6.07, 6.45) is 5.05. The van der Waals surface area contributed by atoms with Gasteiger partial charge in [-0.05, 0) is 24.7 Å². The molecule has 1 aliphatic rings. The fraction of sp³-hybridized carbons (Fsp3) is 0.647. The average molecular weight is 312 g/mol. The Labute approximate surface area is 133 Å². The van der Waals surface area contributed by atoms with E-state index in [2.05, 4.69) is 19.2 Å². The van der Waals surface area contributed by atoms with E-state index in [0.29, 0.717) is 16.8 Å². The minimum Gasteiger partial charge on any atom is -0.495 e. The lowest BCUT2D eigenvalue weighted by Gasteiger charge is -2.33. The van der Waals surface area contributed by atoms with Crippen LogP contribution in [-0.4, -0.2) is 20.3 Å². The first-order chi connectivity index (χ1) is 10.0. The van der Waals surface area contributed by atoms with E-state index < -0.39 is 0 Å². The quantitative estimate of drug-likeness (QED) is 0.831. The molecule has 0 aliphatic heterocycles. The summed E-state index contributed by atoms with van der Waals surface area (Å²) in [5.74, 6) is 3.00. The molecule has 0 heterocycles. The van der Waals surface area contributed by atoms with Gasteiger partial charge in [-0.1, -0.05) is 38.3 Å². The summed E-state index contributed by atoms with van der Waals surface area (Å²) in [7, 11) is 3.30. The van der Waals surface area contributed by atoms with Crippen molar-refractivity contribution in [3.63, 3.8) is 0 Å². The van der Waals surface area contributed by atoms with Gasteiger partial charge in [0.2, 0.25) is 0 Å². The van der Waals surface area contributed by atoms with Crippen LogP contribution in [0.25, 0.3) is 0 Å². The van der Waals surface area contributed by atoms with Gasteiger partial charge in [0.15, 0.2) is 0 Å². The van der Waals surface area contributed by atoms with Crippen LogP contribution in [0.1, 0.15) is 39.5 Å². The highest BCUT2D eigenvalue weighted by atomic mass is 35.5. The van der Waals surface area contributed by atoms with Crippen molar-refractivity contribution in [1.82, 2.24) is 0 Å². The van der Waals surface area contributed by atoms with Crippen molar-refractivity contribution in [2.75, 3.05) is 19.5 Å². The van der Waals surface area contributed by atoms with Crippen molar-refractivity contribution < 1.29 is 9.47 Å². The summed E-state index contributed by atoms with van der Waals surface area (Å²) >= 11 is 6.15. The molecule has 0 spiro atoms. The molecule has 0 amide bonds. The Hall–Kier alpha value is -1.09. The number of hydrogen-bond donors (Lipinski definition) is 1. The molecular weight excluding hydrogens is 286 g/mol. The first-order valence-corrected chi connectivity index (χ1v) is 8.11. The second-order valence-electron chi connectivity index (χ2n) is 6.20. The van der Waals surface area contributed by atoms with E-state index in [1.54, 1.807) is 14.2 Å². The molecule has 1 aromatic carbocycles. The standard InChI is InChI=1S/C17H26ClNO2/c1-11(2)12-6-5-7-13(8-12)19-15-10-16(20-3)14(18)9-17(15)21-4/h9-13,19H,5-8H2,1-4H3. The molecule has 0 aromatic heterocycles. The van der Waals surface area contributed by atoms with E-state index in [9.17, 15) is 0 Å². The minimum atomic E-state index is 0.492. The zero-order chi connectivity index (χ0) is 15.4. The van der Waals surface area contributed by atoms with Crippen LogP contribution in [0.4, 0.5) is 5.69 Å². The van der Waals surface area contributed by atoms with Crippen LogP contribution in [-0.2, 0) is 0 Å². The van der Waals surface area contributed by atoms with E-state index in [0.717, 1.165) is 23.3 Å². The SMILES string of the molecule is COc1cc(NC2CCCC(C(C)C)C2)c(OC)cc1Cl. The third-order valence-corrected chi connectivity index (χ3v) is 4.79. The summed E-state index contributed by atoms with van der Waals surface area (Å²) in [5.41, 5.74) is 0.966. The Bertz CT molecular complexity index is 476. The predicted octanol–water partition coefficient (Wildman–Crippen LogP) is 4.98. The number of anilines is 1. The highest BCUT2D eigenvalue weighted by molar-refractivity contribution is 6.32. The van der Waals surface area contributed by atoms with Crippen LogP contribution in [0.3, 0.4) is 0 Å². The lowest BCUT2D eigenvalue weighted by molar-refractivity contribution is 0.264. The van der Waals surface area contributed by atoms with Crippen molar-refractivity contribution in [2.24, 2.45) is 11.8 Å². The maximum atomic E-state index is 6.15. The number of nitrogens with one attached hydrogen (secondary N) is 1. The molecule has 1 aliphatic carbocycles. The van der Waals surface area contributed by atoms with Gasteiger partial charge in [0.1, 0.15) is 11.5 Å². The van der Waals surface area contributed by atoms with Crippen LogP contribution in [0.5, 0.6) is 11.5 Å². The molecule has 1 N–H and O–H groups in total. The number of benzene rings is 1. The molecule has 0 radical (unpaired) electrons. The first-order valence-electron chi connectivity index (χ1n) is 7.73. The van der Waals surface area contributed by atoms with Gasteiger partial charge in [-0.25, -0.2) is 0 Å². The van der Waals surface area contributed by atoms with Crippen LogP contribution >= 0.6 is 11.6 Å². The molecule has 1 aromatic rings. The maximum Gasteiger partial charge on any atom is 0.143 e. The third kappa shape index (κ3) is 3.97. The summed E-state index contributed by atoms with van der Waals surface area (Å²) < 4.78 is 10.7. The highest BCUT2D eigenvalue weighted by Gasteiger charge is 2.25. The van der Waals surface area contributed by atoms with Gasteiger partial charge in [0.25, 0.3) is 0 Å². The fourth-order valence-electron chi connectivity index (χ4n) is 3.16. The molecule has 118 valence electrons. The summed E-state index contributed by atoms with van der Waals surface area (Å²) in [6, 6.07) is 4.23. The molecule has 21 heavy (non-hydrogen) atoms. The Morgan fingerprint density at radius 1 is 1.14 bits per heavy atom. The molecular formula is C17H26ClNO2. The maximum absolute atomic E-state index is 6.15. The summed E-state index contributed by atoms with van der Waals surface area (Å²) in [5, 5.41) is 4.20. The number of halogens is 1. The van der Waals surface area contributed by atoms with Gasteiger partial charge >= 0.3 is 0 Å². The topological polar surface area (TPSA) is 30.5 Å². The molecule has 2 unspecified atom stereocenters. The highest BCUT2D eigenvalue weighted by Crippen LogP contribution is 2.38. The number of hydrogen-bond acceptors (Lipinski definition) is 3. The lowest BCUT2D eigenvalue weighted by Crippen LogP contribution is -2.29. The van der Waals surface area contributed by atoms with Gasteiger partial charge in [-0.15, -0.1) is 0 Å². The molecule has 3 nitrogen and oxygen atoms in total. The zero-order valence-corrected chi connectivity index (χ0v) is 14.2. The van der Waals surface area contributed by atoms with Gasteiger partial charge in [-0.3, -0.25) is 0 Å². The monoisotopic (exact) mass is 311 g/mol. The third-order valence-electron chi connectivity index (χ3n) is 4.49. The summed E-state index contributed by atoms with van der Waals surface area (Å²) in [6.45, 7) is 4.64. The molecule has 0 bridgehead atoms. The Morgan fingerprint density at radius 2 is 1.86 bits per heavy atom. The second-order valence-corrected chi connectivity index (χ2v) is 6.61. The molecule has 1 fully saturated rings. The predicted molar refractivity (Wildman–Crippen MR) is 88.8 cm³/mol. The van der Waals surface area contributed by atoms with Gasteiger partial charge in [-0.2, -0.15) is 0 Å². The van der Waals surface area contributed by atoms with Crippen LogP contribution in [0.2, 0.25) is 5.02 Å². The van der Waals surface area contributed by atoms with Crippen LogP contribution in [0.15, 0.2) is 12.1 Å². The van der Waals surface area contributed by atoms with Crippen LogP contribution in [0, 0.1) is 11.8 Å². The normalized spacial score (nSPS) is 22.2. The fourth-order valence-corrected chi connectivity index (χ4v) is 3.39. The largest absolute Gasteiger partial charge is 0.495 e. The molecule has 0 saturated heterocycles. The average Bonchev–Trinajstić information content (AvgIpc) is 2.48. The lowest BCUT2D eigenvalue weighted by atomic mass is 9.79. The molecule has 2 atom stereocenters. The first kappa shape index (κ1) is 16.3. The molecule has 2 rings (SSSR count). The smallest absolute Gasteiger partial charge is 0.143 e. The van der Waals surface area contributed by atoms with Crippen LogP contribution < -0.4 is 14.8 Å². The van der Waals surface area contributed by atoms with Crippen molar-refractivity contribution in [1.29, 1.82) is 0 Å². The number of rotatable bonds is 5. The Kier molecular flexibility index (Phi) is 5.63. The summed E-state index contributed by atoms with van der Waals surface area (Å²) in [4.78, 5) is 0. The van der Waals surface area contributed by atoms with E-state index in [4.69, 9.17) is 21.1 Å².